The van der Waals surface area contributed by atoms with Gasteiger partial charge in [-0.3, -0.25) is 0 Å². The summed E-state index contributed by atoms with van der Waals surface area (Å²) in [6.45, 7) is 1.88. The van der Waals surface area contributed by atoms with Crippen LogP contribution in [0.5, 0.6) is 0 Å². The molecule has 2 rings (SSSR count). The molecule has 0 aliphatic carbocycles. The van der Waals surface area contributed by atoms with E-state index in [9.17, 15) is 4.39 Å². The van der Waals surface area contributed by atoms with Crippen molar-refractivity contribution in [3.63, 3.8) is 0 Å². The molecule has 0 aliphatic rings. The molecule has 0 radical (unpaired) electrons. The van der Waals surface area contributed by atoms with Crippen LogP contribution >= 0.6 is 11.6 Å². The number of benzene rings is 1. The van der Waals surface area contributed by atoms with Crippen LogP contribution in [-0.4, -0.2) is 17.0 Å². The van der Waals surface area contributed by atoms with Crippen molar-refractivity contribution in [2.24, 2.45) is 0 Å². The first-order chi connectivity index (χ1) is 8.11. The van der Waals surface area contributed by atoms with Crippen molar-refractivity contribution in [3.05, 3.63) is 40.8 Å². The number of nitrogens with one attached hydrogen (secondary N) is 1. The molecule has 3 nitrogen and oxygen atoms in total. The van der Waals surface area contributed by atoms with Crippen LogP contribution in [0.25, 0.3) is 11.3 Å². The second-order valence-electron chi connectivity index (χ2n) is 3.60. The van der Waals surface area contributed by atoms with Gasteiger partial charge in [-0.1, -0.05) is 11.6 Å². The predicted octanol–water partition coefficient (Wildman–Crippen LogP) is 3.29. The molecule has 1 heterocycles. The summed E-state index contributed by atoms with van der Waals surface area (Å²) in [6.07, 6.45) is 1.70. The Labute approximate surface area is 104 Å². The second-order valence-corrected chi connectivity index (χ2v) is 4.01. The molecule has 1 aromatic carbocycles. The summed E-state index contributed by atoms with van der Waals surface area (Å²) < 4.78 is 13.0. The van der Waals surface area contributed by atoms with E-state index in [1.54, 1.807) is 19.3 Å². The third-order valence-corrected chi connectivity index (χ3v) is 2.69. The minimum atomic E-state index is -0.362. The maximum absolute atomic E-state index is 13.0. The van der Waals surface area contributed by atoms with E-state index in [0.29, 0.717) is 22.2 Å². The van der Waals surface area contributed by atoms with Crippen molar-refractivity contribution in [1.29, 1.82) is 0 Å². The third-order valence-electron chi connectivity index (χ3n) is 2.38. The first-order valence-corrected chi connectivity index (χ1v) is 5.46. The molecule has 0 amide bonds. The quantitative estimate of drug-likeness (QED) is 0.890. The van der Waals surface area contributed by atoms with Crippen LogP contribution < -0.4 is 5.32 Å². The van der Waals surface area contributed by atoms with Gasteiger partial charge in [0.2, 0.25) is 5.95 Å². The Morgan fingerprint density at radius 1 is 1.35 bits per heavy atom. The average Bonchev–Trinajstić information content (AvgIpc) is 2.30. The smallest absolute Gasteiger partial charge is 0.222 e. The SMILES string of the molecule is CNc1ncc(C)c(-c2ccc(F)cc2Cl)n1. The van der Waals surface area contributed by atoms with E-state index < -0.39 is 0 Å². The molecule has 17 heavy (non-hydrogen) atoms. The zero-order valence-electron chi connectivity index (χ0n) is 9.46. The lowest BCUT2D eigenvalue weighted by Crippen LogP contribution is -1.99. The normalized spacial score (nSPS) is 10.4. The van der Waals surface area contributed by atoms with Crippen LogP contribution in [-0.2, 0) is 0 Å². The van der Waals surface area contributed by atoms with Crippen molar-refractivity contribution in [1.82, 2.24) is 9.97 Å². The monoisotopic (exact) mass is 251 g/mol. The highest BCUT2D eigenvalue weighted by Crippen LogP contribution is 2.29. The van der Waals surface area contributed by atoms with Gasteiger partial charge in [0.15, 0.2) is 0 Å². The third kappa shape index (κ3) is 2.36. The summed E-state index contributed by atoms with van der Waals surface area (Å²) in [7, 11) is 1.74. The number of rotatable bonds is 2. The highest BCUT2D eigenvalue weighted by atomic mass is 35.5. The molecule has 1 aromatic heterocycles. The lowest BCUT2D eigenvalue weighted by molar-refractivity contribution is 0.628. The fraction of sp³-hybridized carbons (Fsp3) is 0.167. The first-order valence-electron chi connectivity index (χ1n) is 5.08. The summed E-state index contributed by atoms with van der Waals surface area (Å²) >= 11 is 6.01. The number of hydrogen-bond acceptors (Lipinski definition) is 3. The Morgan fingerprint density at radius 2 is 2.12 bits per heavy atom. The van der Waals surface area contributed by atoms with Crippen molar-refractivity contribution >= 4 is 17.5 Å². The number of anilines is 1. The molecule has 1 N–H and O–H groups in total. The molecular formula is C12H11ClFN3. The lowest BCUT2D eigenvalue weighted by Gasteiger charge is -2.08. The van der Waals surface area contributed by atoms with Gasteiger partial charge >= 0.3 is 0 Å². The summed E-state index contributed by atoms with van der Waals surface area (Å²) in [5.74, 6) is 0.144. The van der Waals surface area contributed by atoms with Gasteiger partial charge in [0.05, 0.1) is 10.7 Å². The van der Waals surface area contributed by atoms with Gasteiger partial charge in [-0.2, -0.15) is 0 Å². The molecule has 0 atom stereocenters. The van der Waals surface area contributed by atoms with E-state index in [4.69, 9.17) is 11.6 Å². The summed E-state index contributed by atoms with van der Waals surface area (Å²) in [4.78, 5) is 8.41. The minimum Gasteiger partial charge on any atom is -0.357 e. The van der Waals surface area contributed by atoms with Gasteiger partial charge in [0.1, 0.15) is 5.82 Å². The van der Waals surface area contributed by atoms with Crippen molar-refractivity contribution in [3.8, 4) is 11.3 Å². The number of halogens is 2. The Kier molecular flexibility index (Phi) is 3.24. The fourth-order valence-corrected chi connectivity index (χ4v) is 1.77. The molecule has 2 aromatic rings. The van der Waals surface area contributed by atoms with E-state index in [0.717, 1.165) is 5.56 Å². The minimum absolute atomic E-state index is 0.342. The molecule has 0 saturated heterocycles. The Bertz CT molecular complexity index is 557. The fourth-order valence-electron chi connectivity index (χ4n) is 1.52. The maximum atomic E-state index is 13.0. The molecule has 88 valence electrons. The number of hydrogen-bond donors (Lipinski definition) is 1. The van der Waals surface area contributed by atoms with Gasteiger partial charge in [-0.15, -0.1) is 0 Å². The standard InChI is InChI=1S/C12H11ClFN3/c1-7-6-16-12(15-2)17-11(7)9-4-3-8(14)5-10(9)13/h3-6H,1-2H3,(H,15,16,17). The molecule has 5 heteroatoms. The van der Waals surface area contributed by atoms with Gasteiger partial charge in [0.25, 0.3) is 0 Å². The summed E-state index contributed by atoms with van der Waals surface area (Å²) in [5, 5.41) is 3.20. The van der Waals surface area contributed by atoms with Crippen LogP contribution in [0.1, 0.15) is 5.56 Å². The van der Waals surface area contributed by atoms with E-state index in [-0.39, 0.29) is 5.82 Å². The van der Waals surface area contributed by atoms with Crippen LogP contribution in [0.15, 0.2) is 24.4 Å². The average molecular weight is 252 g/mol. The Balaban J connectivity index is 2.59. The predicted molar refractivity (Wildman–Crippen MR) is 66.7 cm³/mol. The van der Waals surface area contributed by atoms with Crippen LogP contribution in [0, 0.1) is 12.7 Å². The first kappa shape index (κ1) is 11.8. The molecule has 0 saturated carbocycles. The molecule has 0 spiro atoms. The van der Waals surface area contributed by atoms with E-state index in [1.165, 1.54) is 12.1 Å². The van der Waals surface area contributed by atoms with Crippen LogP contribution in [0.4, 0.5) is 10.3 Å². The van der Waals surface area contributed by atoms with E-state index in [2.05, 4.69) is 15.3 Å². The molecular weight excluding hydrogens is 241 g/mol. The zero-order valence-corrected chi connectivity index (χ0v) is 10.2. The van der Waals surface area contributed by atoms with Gasteiger partial charge in [-0.05, 0) is 30.7 Å². The highest BCUT2D eigenvalue weighted by molar-refractivity contribution is 6.33. The Morgan fingerprint density at radius 3 is 2.76 bits per heavy atom. The van der Waals surface area contributed by atoms with Crippen molar-refractivity contribution < 1.29 is 4.39 Å². The number of nitrogens with zero attached hydrogens (tertiary/aromatic N) is 2. The lowest BCUT2D eigenvalue weighted by atomic mass is 10.1. The van der Waals surface area contributed by atoms with Gasteiger partial charge in [0, 0.05) is 18.8 Å². The van der Waals surface area contributed by atoms with Crippen LogP contribution in [0.3, 0.4) is 0 Å². The van der Waals surface area contributed by atoms with Gasteiger partial charge < -0.3 is 5.32 Å². The number of aromatic nitrogens is 2. The van der Waals surface area contributed by atoms with E-state index >= 15 is 0 Å². The molecule has 0 aliphatic heterocycles. The number of aryl methyl sites for hydroxylation is 1. The van der Waals surface area contributed by atoms with Crippen LogP contribution in [0.2, 0.25) is 5.02 Å². The largest absolute Gasteiger partial charge is 0.357 e. The van der Waals surface area contributed by atoms with Gasteiger partial charge in [-0.25, -0.2) is 14.4 Å². The summed E-state index contributed by atoms with van der Waals surface area (Å²) in [6, 6.07) is 4.26. The van der Waals surface area contributed by atoms with Crippen molar-refractivity contribution in [2.45, 2.75) is 6.92 Å². The maximum Gasteiger partial charge on any atom is 0.222 e. The molecule has 0 bridgehead atoms. The highest BCUT2D eigenvalue weighted by Gasteiger charge is 2.10. The molecule has 0 fully saturated rings. The van der Waals surface area contributed by atoms with Crippen molar-refractivity contribution in [2.75, 3.05) is 12.4 Å². The molecule has 0 unspecified atom stereocenters. The summed E-state index contributed by atoms with van der Waals surface area (Å²) in [5.41, 5.74) is 2.29. The topological polar surface area (TPSA) is 37.8 Å². The zero-order chi connectivity index (χ0) is 12.4. The Hall–Kier alpha value is -1.68. The van der Waals surface area contributed by atoms with E-state index in [1.807, 2.05) is 6.92 Å². The second kappa shape index (κ2) is 4.67.